The molecule has 1 aromatic rings. The normalized spacial score (nSPS) is 10.1. The van der Waals surface area contributed by atoms with Crippen LogP contribution in [0.2, 0.25) is 0 Å². The SMILES string of the molecule is CCCCCNc1nc([NH])nc(F)n1. The Bertz CT molecular complexity index is 271. The summed E-state index contributed by atoms with van der Waals surface area (Å²) >= 11 is 0. The molecule has 0 saturated heterocycles. The van der Waals surface area contributed by atoms with Crippen molar-refractivity contribution >= 4 is 11.9 Å². The van der Waals surface area contributed by atoms with Crippen molar-refractivity contribution in [2.24, 2.45) is 0 Å². The van der Waals surface area contributed by atoms with Crippen LogP contribution in [0.15, 0.2) is 0 Å². The Balaban J connectivity index is 2.42. The maximum absolute atomic E-state index is 12.6. The van der Waals surface area contributed by atoms with Gasteiger partial charge in [-0.25, -0.2) is 0 Å². The summed E-state index contributed by atoms with van der Waals surface area (Å²) in [6, 6.07) is 0. The Morgan fingerprint density at radius 2 is 2.07 bits per heavy atom. The Hall–Kier alpha value is -1.46. The monoisotopic (exact) mass is 198 g/mol. The van der Waals surface area contributed by atoms with Crippen molar-refractivity contribution in [1.29, 1.82) is 0 Å². The molecule has 0 fully saturated rings. The lowest BCUT2D eigenvalue weighted by atomic mass is 10.2. The molecule has 0 aliphatic rings. The van der Waals surface area contributed by atoms with E-state index < -0.39 is 6.08 Å². The van der Waals surface area contributed by atoms with Crippen molar-refractivity contribution in [1.82, 2.24) is 20.7 Å². The highest BCUT2D eigenvalue weighted by Crippen LogP contribution is 2.03. The highest BCUT2D eigenvalue weighted by Gasteiger charge is 2.02. The maximum atomic E-state index is 12.6. The van der Waals surface area contributed by atoms with E-state index in [0.29, 0.717) is 6.54 Å². The molecule has 6 heteroatoms. The van der Waals surface area contributed by atoms with Crippen LogP contribution in [0.1, 0.15) is 26.2 Å². The van der Waals surface area contributed by atoms with Gasteiger partial charge in [0, 0.05) is 6.54 Å². The number of hydrogen-bond acceptors (Lipinski definition) is 4. The van der Waals surface area contributed by atoms with Crippen molar-refractivity contribution in [3.63, 3.8) is 0 Å². The Morgan fingerprint density at radius 3 is 2.71 bits per heavy atom. The van der Waals surface area contributed by atoms with Gasteiger partial charge >= 0.3 is 6.08 Å². The van der Waals surface area contributed by atoms with E-state index >= 15 is 0 Å². The molecular formula is C8H13FN5. The van der Waals surface area contributed by atoms with E-state index in [4.69, 9.17) is 5.73 Å². The fraction of sp³-hybridized carbons (Fsp3) is 0.625. The summed E-state index contributed by atoms with van der Waals surface area (Å²) in [5, 5.41) is 2.84. The second-order valence-electron chi connectivity index (χ2n) is 2.89. The summed E-state index contributed by atoms with van der Waals surface area (Å²) in [6.45, 7) is 2.79. The number of aromatic nitrogens is 3. The number of unbranched alkanes of at least 4 members (excludes halogenated alkanes) is 2. The fourth-order valence-corrected chi connectivity index (χ4v) is 1.00. The minimum atomic E-state index is -0.914. The molecule has 0 aliphatic heterocycles. The van der Waals surface area contributed by atoms with E-state index in [9.17, 15) is 4.39 Å². The molecule has 0 amide bonds. The predicted molar refractivity (Wildman–Crippen MR) is 50.6 cm³/mol. The van der Waals surface area contributed by atoms with E-state index in [-0.39, 0.29) is 11.9 Å². The van der Waals surface area contributed by atoms with Crippen LogP contribution >= 0.6 is 0 Å². The van der Waals surface area contributed by atoms with Crippen molar-refractivity contribution in [2.75, 3.05) is 11.9 Å². The quantitative estimate of drug-likeness (QED) is 0.728. The molecule has 77 valence electrons. The third kappa shape index (κ3) is 3.51. The van der Waals surface area contributed by atoms with Gasteiger partial charge in [-0.15, -0.1) is 0 Å². The van der Waals surface area contributed by atoms with Crippen LogP contribution in [0.25, 0.3) is 0 Å². The molecular weight excluding hydrogens is 185 g/mol. The van der Waals surface area contributed by atoms with Crippen LogP contribution < -0.4 is 11.1 Å². The number of hydrogen-bond donors (Lipinski definition) is 1. The molecule has 0 saturated carbocycles. The summed E-state index contributed by atoms with van der Waals surface area (Å²) in [7, 11) is 0. The first kappa shape index (κ1) is 10.6. The molecule has 1 rings (SSSR count). The molecule has 1 radical (unpaired) electrons. The largest absolute Gasteiger partial charge is 0.354 e. The fourth-order valence-electron chi connectivity index (χ4n) is 1.00. The lowest BCUT2D eigenvalue weighted by Crippen LogP contribution is -2.07. The van der Waals surface area contributed by atoms with Gasteiger partial charge in [0.15, 0.2) is 0 Å². The van der Waals surface area contributed by atoms with E-state index in [0.717, 1.165) is 19.3 Å². The number of rotatable bonds is 5. The zero-order valence-corrected chi connectivity index (χ0v) is 8.05. The van der Waals surface area contributed by atoms with Crippen LogP contribution in [0.5, 0.6) is 0 Å². The Morgan fingerprint density at radius 1 is 1.29 bits per heavy atom. The van der Waals surface area contributed by atoms with Crippen molar-refractivity contribution in [2.45, 2.75) is 26.2 Å². The van der Waals surface area contributed by atoms with Gasteiger partial charge in [0.05, 0.1) is 0 Å². The number of anilines is 1. The van der Waals surface area contributed by atoms with Gasteiger partial charge in [0.25, 0.3) is 0 Å². The first-order valence-corrected chi connectivity index (χ1v) is 4.59. The summed E-state index contributed by atoms with van der Waals surface area (Å²) in [6.07, 6.45) is 2.30. The molecule has 2 N–H and O–H groups in total. The van der Waals surface area contributed by atoms with Crippen molar-refractivity contribution < 1.29 is 4.39 Å². The molecule has 0 spiro atoms. The second kappa shape index (κ2) is 5.31. The molecule has 0 aliphatic carbocycles. The maximum Gasteiger partial charge on any atom is 0.315 e. The van der Waals surface area contributed by atoms with E-state index in [1.807, 2.05) is 0 Å². The van der Waals surface area contributed by atoms with Crippen LogP contribution in [0.4, 0.5) is 16.3 Å². The lowest BCUT2D eigenvalue weighted by Gasteiger charge is -2.03. The van der Waals surface area contributed by atoms with Crippen LogP contribution in [-0.4, -0.2) is 21.5 Å². The smallest absolute Gasteiger partial charge is 0.315 e. The van der Waals surface area contributed by atoms with Gasteiger partial charge in [0.1, 0.15) is 0 Å². The third-order valence-corrected chi connectivity index (χ3v) is 1.67. The predicted octanol–water partition coefficient (Wildman–Crippen LogP) is 1.53. The molecule has 14 heavy (non-hydrogen) atoms. The summed E-state index contributed by atoms with van der Waals surface area (Å²) in [4.78, 5) is 10.2. The molecule has 0 aromatic carbocycles. The standard InChI is InChI=1S/C8H13FN5/c1-2-3-4-5-11-8-13-6(9)12-7(10)14-8/h10H,2-5H2,1H3,(H,11,12,13,14). The van der Waals surface area contributed by atoms with Gasteiger partial charge in [-0.1, -0.05) is 19.8 Å². The summed E-state index contributed by atoms with van der Waals surface area (Å²) < 4.78 is 12.6. The summed E-state index contributed by atoms with van der Waals surface area (Å²) in [5.41, 5.74) is 7.05. The Kier molecular flexibility index (Phi) is 4.03. The molecule has 0 bridgehead atoms. The molecule has 0 atom stereocenters. The third-order valence-electron chi connectivity index (χ3n) is 1.67. The average Bonchev–Trinajstić information content (AvgIpc) is 2.11. The minimum absolute atomic E-state index is 0.138. The van der Waals surface area contributed by atoms with E-state index in [1.165, 1.54) is 0 Å². The van der Waals surface area contributed by atoms with Gasteiger partial charge in [-0.2, -0.15) is 19.3 Å². The highest BCUT2D eigenvalue weighted by atomic mass is 19.1. The van der Waals surface area contributed by atoms with Gasteiger partial charge < -0.3 is 5.32 Å². The topological polar surface area (TPSA) is 74.5 Å². The molecule has 5 nitrogen and oxygen atoms in total. The first-order chi connectivity index (χ1) is 6.72. The summed E-state index contributed by atoms with van der Waals surface area (Å²) in [5.74, 6) is -0.214. The van der Waals surface area contributed by atoms with Crippen molar-refractivity contribution in [3.8, 4) is 0 Å². The van der Waals surface area contributed by atoms with Gasteiger partial charge in [-0.3, -0.25) is 5.73 Å². The van der Waals surface area contributed by atoms with Crippen LogP contribution in [-0.2, 0) is 0 Å². The van der Waals surface area contributed by atoms with Crippen LogP contribution in [0, 0.1) is 6.08 Å². The van der Waals surface area contributed by atoms with Crippen LogP contribution in [0.3, 0.4) is 0 Å². The van der Waals surface area contributed by atoms with Crippen molar-refractivity contribution in [3.05, 3.63) is 6.08 Å². The second-order valence-corrected chi connectivity index (χ2v) is 2.89. The van der Waals surface area contributed by atoms with Gasteiger partial charge in [0.2, 0.25) is 11.9 Å². The van der Waals surface area contributed by atoms with E-state index in [2.05, 4.69) is 27.2 Å². The number of nitrogens with zero attached hydrogens (tertiary/aromatic N) is 3. The average molecular weight is 198 g/mol. The molecule has 0 unspecified atom stereocenters. The first-order valence-electron chi connectivity index (χ1n) is 4.59. The zero-order chi connectivity index (χ0) is 10.4. The Labute approximate surface area is 82.0 Å². The number of nitrogens with one attached hydrogen (secondary N) is 2. The van der Waals surface area contributed by atoms with E-state index in [1.54, 1.807) is 0 Å². The molecule has 1 heterocycles. The highest BCUT2D eigenvalue weighted by molar-refractivity contribution is 5.27. The lowest BCUT2D eigenvalue weighted by molar-refractivity contribution is 0.535. The number of halogens is 1. The zero-order valence-electron chi connectivity index (χ0n) is 8.05. The molecule has 1 aromatic heterocycles. The van der Waals surface area contributed by atoms with Gasteiger partial charge in [-0.05, 0) is 6.42 Å². The minimum Gasteiger partial charge on any atom is -0.354 e.